The van der Waals surface area contributed by atoms with Gasteiger partial charge < -0.3 is 10.6 Å². The minimum absolute atomic E-state index is 0.265. The first-order chi connectivity index (χ1) is 12.0. The van der Waals surface area contributed by atoms with Crippen LogP contribution >= 0.6 is 11.6 Å². The lowest BCUT2D eigenvalue weighted by Gasteiger charge is -2.09. The van der Waals surface area contributed by atoms with Crippen LogP contribution in [0.25, 0.3) is 0 Å². The molecule has 3 aromatic rings. The van der Waals surface area contributed by atoms with Crippen LogP contribution < -0.4 is 10.6 Å². The van der Waals surface area contributed by atoms with E-state index in [1.807, 2.05) is 6.92 Å². The van der Waals surface area contributed by atoms with Gasteiger partial charge in [0.25, 0.3) is 5.91 Å². The Morgan fingerprint density at radius 3 is 2.56 bits per heavy atom. The first-order valence-electron chi connectivity index (χ1n) is 7.44. The molecule has 0 unspecified atom stereocenters. The molecule has 7 heteroatoms. The first kappa shape index (κ1) is 16.9. The topological polar surface area (TPSA) is 66.9 Å². The van der Waals surface area contributed by atoms with Crippen molar-refractivity contribution in [1.29, 1.82) is 0 Å². The van der Waals surface area contributed by atoms with E-state index in [0.717, 1.165) is 5.56 Å². The van der Waals surface area contributed by atoms with Crippen LogP contribution in [0.2, 0.25) is 5.02 Å². The standard InChI is InChI=1S/C18H14ClFN4O/c1-11-15(19)6-3-7-16(11)24-17(25)12-9-21-18(22-10-12)23-14-5-2-4-13(20)8-14/h2-10H,1H3,(H,24,25)(H,21,22,23). The zero-order valence-corrected chi connectivity index (χ0v) is 14.0. The van der Waals surface area contributed by atoms with Crippen molar-refractivity contribution in [3.05, 3.63) is 76.8 Å². The summed E-state index contributed by atoms with van der Waals surface area (Å²) >= 11 is 6.04. The van der Waals surface area contributed by atoms with Gasteiger partial charge in [0.15, 0.2) is 0 Å². The van der Waals surface area contributed by atoms with Crippen molar-refractivity contribution in [3.8, 4) is 0 Å². The molecule has 1 amide bonds. The summed E-state index contributed by atoms with van der Waals surface area (Å²) in [6.45, 7) is 1.82. The largest absolute Gasteiger partial charge is 0.324 e. The number of hydrogen-bond acceptors (Lipinski definition) is 4. The molecule has 0 radical (unpaired) electrons. The average Bonchev–Trinajstić information content (AvgIpc) is 2.59. The van der Waals surface area contributed by atoms with Gasteiger partial charge in [-0.25, -0.2) is 14.4 Å². The van der Waals surface area contributed by atoms with Gasteiger partial charge in [0, 0.05) is 28.8 Å². The maximum atomic E-state index is 13.2. The van der Waals surface area contributed by atoms with Crippen LogP contribution in [0.5, 0.6) is 0 Å². The second-order valence-corrected chi connectivity index (χ2v) is 5.70. The van der Waals surface area contributed by atoms with Crippen LogP contribution in [0.1, 0.15) is 15.9 Å². The Bertz CT molecular complexity index is 915. The molecule has 0 bridgehead atoms. The van der Waals surface area contributed by atoms with Gasteiger partial charge in [-0.3, -0.25) is 4.79 Å². The molecule has 3 rings (SSSR count). The molecule has 0 aliphatic rings. The maximum Gasteiger partial charge on any atom is 0.258 e. The van der Waals surface area contributed by atoms with Crippen LogP contribution in [0.3, 0.4) is 0 Å². The van der Waals surface area contributed by atoms with E-state index in [-0.39, 0.29) is 17.7 Å². The molecule has 2 N–H and O–H groups in total. The van der Waals surface area contributed by atoms with E-state index >= 15 is 0 Å². The number of benzene rings is 2. The Morgan fingerprint density at radius 2 is 1.84 bits per heavy atom. The minimum atomic E-state index is -0.363. The maximum absolute atomic E-state index is 13.2. The fourth-order valence-corrected chi connectivity index (χ4v) is 2.32. The number of hydrogen-bond donors (Lipinski definition) is 2. The van der Waals surface area contributed by atoms with Crippen LogP contribution in [0, 0.1) is 12.7 Å². The lowest BCUT2D eigenvalue weighted by molar-refractivity contribution is 0.102. The highest BCUT2D eigenvalue weighted by molar-refractivity contribution is 6.31. The van der Waals surface area contributed by atoms with Crippen molar-refractivity contribution >= 4 is 34.8 Å². The number of carbonyl (C=O) groups is 1. The van der Waals surface area contributed by atoms with Gasteiger partial charge in [0.05, 0.1) is 5.56 Å². The SMILES string of the molecule is Cc1c(Cl)cccc1NC(=O)c1cnc(Nc2cccc(F)c2)nc1. The number of anilines is 3. The van der Waals surface area contributed by atoms with Crippen LogP contribution in [-0.2, 0) is 0 Å². The molecule has 0 aliphatic carbocycles. The molecule has 1 heterocycles. The van der Waals surface area contributed by atoms with Crippen molar-refractivity contribution in [2.24, 2.45) is 0 Å². The van der Waals surface area contributed by atoms with Gasteiger partial charge in [-0.15, -0.1) is 0 Å². The second-order valence-electron chi connectivity index (χ2n) is 5.30. The monoisotopic (exact) mass is 356 g/mol. The average molecular weight is 357 g/mol. The number of halogens is 2. The van der Waals surface area contributed by atoms with E-state index in [1.54, 1.807) is 30.3 Å². The number of aromatic nitrogens is 2. The summed E-state index contributed by atoms with van der Waals surface area (Å²) in [5.74, 6) is -0.443. The number of carbonyl (C=O) groups excluding carboxylic acids is 1. The number of amides is 1. The summed E-state index contributed by atoms with van der Waals surface area (Å²) in [4.78, 5) is 20.4. The van der Waals surface area contributed by atoms with E-state index in [0.29, 0.717) is 22.0 Å². The summed E-state index contributed by atoms with van der Waals surface area (Å²) < 4.78 is 13.2. The molecule has 126 valence electrons. The highest BCUT2D eigenvalue weighted by Gasteiger charge is 2.10. The molecule has 0 saturated carbocycles. The van der Waals surface area contributed by atoms with Gasteiger partial charge in [0.1, 0.15) is 5.82 Å². The Hall–Kier alpha value is -2.99. The van der Waals surface area contributed by atoms with E-state index in [4.69, 9.17) is 11.6 Å². The Kier molecular flexibility index (Phi) is 4.90. The van der Waals surface area contributed by atoms with Gasteiger partial charge in [0.2, 0.25) is 5.95 Å². The summed E-state index contributed by atoms with van der Waals surface area (Å²) in [5, 5.41) is 6.21. The lowest BCUT2D eigenvalue weighted by Crippen LogP contribution is -2.14. The van der Waals surface area contributed by atoms with Crippen molar-refractivity contribution in [2.45, 2.75) is 6.92 Å². The molecular weight excluding hydrogens is 343 g/mol. The normalized spacial score (nSPS) is 10.4. The van der Waals surface area contributed by atoms with Gasteiger partial charge >= 0.3 is 0 Å². The van der Waals surface area contributed by atoms with E-state index in [1.165, 1.54) is 24.5 Å². The summed E-state index contributed by atoms with van der Waals surface area (Å²) in [6, 6.07) is 11.2. The minimum Gasteiger partial charge on any atom is -0.324 e. The summed E-state index contributed by atoms with van der Waals surface area (Å²) in [6.07, 6.45) is 2.79. The van der Waals surface area contributed by atoms with Gasteiger partial charge in [-0.05, 0) is 42.8 Å². The molecule has 25 heavy (non-hydrogen) atoms. The molecular formula is C18H14ClFN4O. The van der Waals surface area contributed by atoms with Crippen molar-refractivity contribution < 1.29 is 9.18 Å². The van der Waals surface area contributed by atoms with Crippen molar-refractivity contribution in [1.82, 2.24) is 9.97 Å². The first-order valence-corrected chi connectivity index (χ1v) is 7.82. The molecule has 2 aromatic carbocycles. The predicted octanol–water partition coefficient (Wildman–Crippen LogP) is 4.57. The van der Waals surface area contributed by atoms with Crippen molar-refractivity contribution in [2.75, 3.05) is 10.6 Å². The third-order valence-corrected chi connectivity index (χ3v) is 3.92. The molecule has 0 atom stereocenters. The quantitative estimate of drug-likeness (QED) is 0.718. The summed E-state index contributed by atoms with van der Waals surface area (Å²) in [5.41, 5.74) is 2.22. The van der Waals surface area contributed by atoms with Crippen LogP contribution in [-0.4, -0.2) is 15.9 Å². The zero-order valence-electron chi connectivity index (χ0n) is 13.3. The van der Waals surface area contributed by atoms with E-state index in [9.17, 15) is 9.18 Å². The molecule has 0 spiro atoms. The smallest absolute Gasteiger partial charge is 0.258 e. The van der Waals surface area contributed by atoms with E-state index in [2.05, 4.69) is 20.6 Å². The fourth-order valence-electron chi connectivity index (χ4n) is 2.14. The second kappa shape index (κ2) is 7.27. The zero-order chi connectivity index (χ0) is 17.8. The number of nitrogens with zero attached hydrogens (tertiary/aromatic N) is 2. The van der Waals surface area contributed by atoms with Crippen molar-refractivity contribution in [3.63, 3.8) is 0 Å². The lowest BCUT2D eigenvalue weighted by atomic mass is 10.2. The number of rotatable bonds is 4. The predicted molar refractivity (Wildman–Crippen MR) is 95.9 cm³/mol. The molecule has 1 aromatic heterocycles. The third-order valence-electron chi connectivity index (χ3n) is 3.51. The molecule has 5 nitrogen and oxygen atoms in total. The molecule has 0 saturated heterocycles. The Balaban J connectivity index is 1.71. The number of nitrogens with one attached hydrogen (secondary N) is 2. The third kappa shape index (κ3) is 4.10. The highest BCUT2D eigenvalue weighted by atomic mass is 35.5. The van der Waals surface area contributed by atoms with Gasteiger partial charge in [-0.1, -0.05) is 23.7 Å². The highest BCUT2D eigenvalue weighted by Crippen LogP contribution is 2.23. The Morgan fingerprint density at radius 1 is 1.12 bits per heavy atom. The van der Waals surface area contributed by atoms with E-state index < -0.39 is 0 Å². The molecule has 0 fully saturated rings. The fraction of sp³-hybridized carbons (Fsp3) is 0.0556. The van der Waals surface area contributed by atoms with Crippen LogP contribution in [0.4, 0.5) is 21.7 Å². The van der Waals surface area contributed by atoms with Gasteiger partial charge in [-0.2, -0.15) is 0 Å². The Labute approximate surface area is 148 Å². The summed E-state index contributed by atoms with van der Waals surface area (Å²) in [7, 11) is 0. The molecule has 0 aliphatic heterocycles. The van der Waals surface area contributed by atoms with Crippen LogP contribution in [0.15, 0.2) is 54.9 Å².